The minimum absolute atomic E-state index is 0.168. The number of unbranched alkanes of at least 4 members (excludes halogenated alkanes) is 2. The van der Waals surface area contributed by atoms with Gasteiger partial charge < -0.3 is 0 Å². The molecule has 0 unspecified atom stereocenters. The van der Waals surface area contributed by atoms with E-state index in [1.54, 1.807) is 6.92 Å². The third kappa shape index (κ3) is 2.99. The number of rotatable bonds is 5. The van der Waals surface area contributed by atoms with Crippen LogP contribution in [-0.4, -0.2) is 5.78 Å². The van der Waals surface area contributed by atoms with E-state index in [1.807, 2.05) is 24.3 Å². The summed E-state index contributed by atoms with van der Waals surface area (Å²) in [4.78, 5) is 11.3. The van der Waals surface area contributed by atoms with Gasteiger partial charge in [0, 0.05) is 5.56 Å². The molecule has 0 aliphatic rings. The Kier molecular flexibility index (Phi) is 4.37. The number of hydrogen-bond donors (Lipinski definition) is 0. The van der Waals surface area contributed by atoms with Crippen molar-refractivity contribution in [2.24, 2.45) is 0 Å². The first-order valence-electron chi connectivity index (χ1n) is 5.12. The lowest BCUT2D eigenvalue weighted by Gasteiger charge is -2.05. The molecule has 0 N–H and O–H groups in total. The summed E-state index contributed by atoms with van der Waals surface area (Å²) < 4.78 is 0. The number of carbonyl (C=O) groups is 1. The predicted molar refractivity (Wildman–Crippen MR) is 59.4 cm³/mol. The van der Waals surface area contributed by atoms with Gasteiger partial charge in [-0.15, -0.1) is 0 Å². The zero-order valence-corrected chi connectivity index (χ0v) is 8.92. The molecular weight excluding hydrogens is 172 g/mol. The molecular formula is C13H17O. The number of aryl methyl sites for hydroxylation is 1. The minimum Gasteiger partial charge on any atom is -0.295 e. The Balaban J connectivity index is 2.69. The van der Waals surface area contributed by atoms with E-state index in [1.165, 1.54) is 5.56 Å². The van der Waals surface area contributed by atoms with Crippen LogP contribution in [0.5, 0.6) is 0 Å². The number of carbonyl (C=O) groups excluding carboxylic acids is 1. The lowest BCUT2D eigenvalue weighted by Crippen LogP contribution is -1.99. The van der Waals surface area contributed by atoms with Gasteiger partial charge in [-0.25, -0.2) is 0 Å². The number of benzene rings is 1. The van der Waals surface area contributed by atoms with Crippen molar-refractivity contribution in [2.45, 2.75) is 33.1 Å². The van der Waals surface area contributed by atoms with Crippen molar-refractivity contribution in [3.63, 3.8) is 0 Å². The Morgan fingerprint density at radius 2 is 2.07 bits per heavy atom. The molecule has 0 bridgehead atoms. The largest absolute Gasteiger partial charge is 0.295 e. The van der Waals surface area contributed by atoms with E-state index in [0.29, 0.717) is 0 Å². The molecule has 0 saturated heterocycles. The molecule has 1 aromatic rings. The minimum atomic E-state index is 0.168. The summed E-state index contributed by atoms with van der Waals surface area (Å²) in [5.74, 6) is 0.168. The fraction of sp³-hybridized carbons (Fsp3) is 0.385. The summed E-state index contributed by atoms with van der Waals surface area (Å²) in [7, 11) is 0. The second-order valence-electron chi connectivity index (χ2n) is 3.51. The Morgan fingerprint density at radius 3 is 2.71 bits per heavy atom. The molecule has 0 heterocycles. The van der Waals surface area contributed by atoms with E-state index in [9.17, 15) is 4.79 Å². The third-order valence-electron chi connectivity index (χ3n) is 2.34. The number of ketones is 1. The summed E-state index contributed by atoms with van der Waals surface area (Å²) in [5, 5.41) is 0. The number of Topliss-reactive ketones (excluding diaryl/α,β-unsaturated/α-hetero) is 1. The molecule has 1 heteroatoms. The average Bonchev–Trinajstić information content (AvgIpc) is 2.19. The maximum Gasteiger partial charge on any atom is 0.160 e. The monoisotopic (exact) mass is 189 g/mol. The van der Waals surface area contributed by atoms with Crippen LogP contribution in [0, 0.1) is 6.42 Å². The topological polar surface area (TPSA) is 17.1 Å². The molecule has 14 heavy (non-hydrogen) atoms. The van der Waals surface area contributed by atoms with Crippen molar-refractivity contribution in [2.75, 3.05) is 0 Å². The molecule has 1 rings (SSSR count). The second-order valence-corrected chi connectivity index (χ2v) is 3.51. The highest BCUT2D eigenvalue weighted by molar-refractivity contribution is 5.95. The van der Waals surface area contributed by atoms with Crippen LogP contribution in [-0.2, 0) is 6.42 Å². The van der Waals surface area contributed by atoms with Gasteiger partial charge in [0.1, 0.15) is 0 Å². The maximum absolute atomic E-state index is 11.3. The smallest absolute Gasteiger partial charge is 0.160 e. The van der Waals surface area contributed by atoms with Crippen molar-refractivity contribution in [1.82, 2.24) is 0 Å². The van der Waals surface area contributed by atoms with Gasteiger partial charge in [-0.2, -0.15) is 0 Å². The van der Waals surface area contributed by atoms with Gasteiger partial charge in [-0.3, -0.25) is 4.79 Å². The van der Waals surface area contributed by atoms with E-state index in [0.717, 1.165) is 24.8 Å². The zero-order chi connectivity index (χ0) is 10.4. The Morgan fingerprint density at radius 1 is 1.36 bits per heavy atom. The van der Waals surface area contributed by atoms with Crippen LogP contribution < -0.4 is 0 Å². The highest BCUT2D eigenvalue weighted by Gasteiger charge is 2.04. The lowest BCUT2D eigenvalue weighted by atomic mass is 9.99. The van der Waals surface area contributed by atoms with Crippen LogP contribution in [0.25, 0.3) is 0 Å². The first kappa shape index (κ1) is 11.0. The zero-order valence-electron chi connectivity index (χ0n) is 8.92. The highest BCUT2D eigenvalue weighted by Crippen LogP contribution is 2.13. The van der Waals surface area contributed by atoms with E-state index >= 15 is 0 Å². The van der Waals surface area contributed by atoms with Gasteiger partial charge >= 0.3 is 0 Å². The van der Waals surface area contributed by atoms with E-state index in [-0.39, 0.29) is 5.78 Å². The van der Waals surface area contributed by atoms with Gasteiger partial charge in [0.2, 0.25) is 0 Å². The Bertz CT molecular complexity index is 302. The van der Waals surface area contributed by atoms with Crippen molar-refractivity contribution in [3.05, 3.63) is 41.8 Å². The molecule has 0 aliphatic carbocycles. The molecule has 0 spiro atoms. The van der Waals surface area contributed by atoms with Crippen molar-refractivity contribution >= 4 is 5.78 Å². The Labute approximate surface area is 86.1 Å². The highest BCUT2D eigenvalue weighted by atomic mass is 16.1. The van der Waals surface area contributed by atoms with Crippen molar-refractivity contribution in [1.29, 1.82) is 0 Å². The molecule has 1 radical (unpaired) electrons. The summed E-state index contributed by atoms with van der Waals surface area (Å²) in [5.41, 5.74) is 2.06. The second kappa shape index (κ2) is 5.58. The quantitative estimate of drug-likeness (QED) is 0.512. The maximum atomic E-state index is 11.3. The van der Waals surface area contributed by atoms with Crippen molar-refractivity contribution in [3.8, 4) is 0 Å². The fourth-order valence-electron chi connectivity index (χ4n) is 1.58. The SMILES string of the molecule is C[CH]CCCc1ccccc1C(C)=O. The number of hydrogen-bond acceptors (Lipinski definition) is 1. The summed E-state index contributed by atoms with van der Waals surface area (Å²) >= 11 is 0. The first-order valence-corrected chi connectivity index (χ1v) is 5.12. The van der Waals surface area contributed by atoms with Crippen LogP contribution in [0.2, 0.25) is 0 Å². The fourth-order valence-corrected chi connectivity index (χ4v) is 1.58. The van der Waals surface area contributed by atoms with Gasteiger partial charge in [0.15, 0.2) is 5.78 Å². The van der Waals surface area contributed by atoms with Gasteiger partial charge in [-0.05, 0) is 31.7 Å². The van der Waals surface area contributed by atoms with Gasteiger partial charge in [-0.1, -0.05) is 37.6 Å². The van der Waals surface area contributed by atoms with E-state index in [2.05, 4.69) is 13.3 Å². The average molecular weight is 189 g/mol. The molecule has 1 aromatic carbocycles. The standard InChI is InChI=1S/C13H17O/c1-3-4-5-8-12-9-6-7-10-13(12)11(2)14/h3,6-7,9-10H,4-5,8H2,1-2H3. The molecule has 0 amide bonds. The van der Waals surface area contributed by atoms with Crippen molar-refractivity contribution < 1.29 is 4.79 Å². The summed E-state index contributed by atoms with van der Waals surface area (Å²) in [6, 6.07) is 7.88. The molecule has 1 nitrogen and oxygen atoms in total. The van der Waals surface area contributed by atoms with E-state index < -0.39 is 0 Å². The normalized spacial score (nSPS) is 10.1. The van der Waals surface area contributed by atoms with Crippen LogP contribution in [0.4, 0.5) is 0 Å². The molecule has 0 aromatic heterocycles. The molecule has 0 atom stereocenters. The van der Waals surface area contributed by atoms with Crippen LogP contribution in [0.15, 0.2) is 24.3 Å². The van der Waals surface area contributed by atoms with E-state index in [4.69, 9.17) is 0 Å². The Hall–Kier alpha value is -1.11. The predicted octanol–water partition coefficient (Wildman–Crippen LogP) is 3.44. The van der Waals surface area contributed by atoms with Crippen LogP contribution >= 0.6 is 0 Å². The van der Waals surface area contributed by atoms with Crippen LogP contribution in [0.1, 0.15) is 42.6 Å². The third-order valence-corrected chi connectivity index (χ3v) is 2.34. The molecule has 0 saturated carbocycles. The molecule has 0 aliphatic heterocycles. The summed E-state index contributed by atoms with van der Waals surface area (Å²) in [6.45, 7) is 3.70. The van der Waals surface area contributed by atoms with Gasteiger partial charge in [0.25, 0.3) is 0 Å². The van der Waals surface area contributed by atoms with Gasteiger partial charge in [0.05, 0.1) is 0 Å². The first-order chi connectivity index (χ1) is 6.75. The van der Waals surface area contributed by atoms with Crippen LogP contribution in [0.3, 0.4) is 0 Å². The summed E-state index contributed by atoms with van der Waals surface area (Å²) in [6.07, 6.45) is 5.41. The lowest BCUT2D eigenvalue weighted by molar-refractivity contribution is 0.101. The molecule has 0 fully saturated rings. The molecule has 75 valence electrons.